The van der Waals surface area contributed by atoms with E-state index in [4.69, 9.17) is 4.74 Å². The summed E-state index contributed by atoms with van der Waals surface area (Å²) in [4.78, 5) is 2.64. The predicted octanol–water partition coefficient (Wildman–Crippen LogP) is 4.84. The van der Waals surface area contributed by atoms with E-state index in [1.165, 1.54) is 58.6 Å². The van der Waals surface area contributed by atoms with Gasteiger partial charge in [-0.25, -0.2) is 0 Å². The van der Waals surface area contributed by atoms with Crippen molar-refractivity contribution >= 4 is 5.69 Å². The maximum atomic E-state index is 6.71. The van der Waals surface area contributed by atoms with Gasteiger partial charge < -0.3 is 10.1 Å². The number of fused-ring (bicyclic) bond motifs is 2. The number of piperidine rings is 1. The van der Waals surface area contributed by atoms with Crippen LogP contribution in [-0.4, -0.2) is 36.7 Å². The zero-order valence-corrected chi connectivity index (χ0v) is 17.5. The lowest BCUT2D eigenvalue weighted by Gasteiger charge is -2.37. The molecule has 0 aliphatic carbocycles. The molecule has 2 atom stereocenters. The second kappa shape index (κ2) is 6.81. The van der Waals surface area contributed by atoms with Crippen LogP contribution in [0.4, 0.5) is 5.69 Å². The summed E-state index contributed by atoms with van der Waals surface area (Å²) >= 11 is 0. The highest BCUT2D eigenvalue weighted by atomic mass is 16.5. The summed E-state index contributed by atoms with van der Waals surface area (Å²) < 4.78 is 6.71. The van der Waals surface area contributed by atoms with Gasteiger partial charge in [-0.3, -0.25) is 4.90 Å². The standard InChI is InChI=1S/C25H32N2O/c1-17-22-14-25(3,28-24(22)18(2)21-11-12-26-23(17)21)16-27-13-7-10-20(15-27)19-8-5-4-6-9-19/h4-6,8-9,20,26H,7,10-16H2,1-3H3. The summed E-state index contributed by atoms with van der Waals surface area (Å²) in [6.07, 6.45) is 4.73. The third-order valence-electron chi connectivity index (χ3n) is 7.11. The largest absolute Gasteiger partial charge is 0.485 e. The molecule has 2 unspecified atom stereocenters. The Morgan fingerprint density at radius 1 is 1.14 bits per heavy atom. The molecule has 1 N–H and O–H groups in total. The Balaban J connectivity index is 1.35. The molecule has 0 saturated carbocycles. The Morgan fingerprint density at radius 2 is 1.96 bits per heavy atom. The molecule has 5 rings (SSSR count). The van der Waals surface area contributed by atoms with Crippen LogP contribution in [0, 0.1) is 13.8 Å². The second-order valence-electron chi connectivity index (χ2n) is 9.30. The fourth-order valence-electron chi connectivity index (χ4n) is 5.73. The number of ether oxygens (including phenoxy) is 1. The van der Waals surface area contributed by atoms with Crippen molar-refractivity contribution in [2.75, 3.05) is 31.5 Å². The molecule has 148 valence electrons. The molecule has 3 nitrogen and oxygen atoms in total. The maximum Gasteiger partial charge on any atom is 0.127 e. The number of rotatable bonds is 3. The number of likely N-dealkylation sites (tertiary alicyclic amines) is 1. The number of hydrogen-bond acceptors (Lipinski definition) is 3. The van der Waals surface area contributed by atoms with Crippen LogP contribution in [0.3, 0.4) is 0 Å². The van der Waals surface area contributed by atoms with Crippen LogP contribution in [0.5, 0.6) is 5.75 Å². The molecule has 0 spiro atoms. The maximum absolute atomic E-state index is 6.71. The van der Waals surface area contributed by atoms with E-state index in [1.54, 1.807) is 0 Å². The van der Waals surface area contributed by atoms with Gasteiger partial charge in [-0.1, -0.05) is 30.3 Å². The minimum absolute atomic E-state index is 0.120. The van der Waals surface area contributed by atoms with Crippen molar-refractivity contribution in [1.29, 1.82) is 0 Å². The van der Waals surface area contributed by atoms with Crippen LogP contribution in [0.25, 0.3) is 0 Å². The number of anilines is 1. The first-order chi connectivity index (χ1) is 13.5. The molecule has 0 aromatic heterocycles. The molecule has 0 bridgehead atoms. The van der Waals surface area contributed by atoms with Crippen molar-refractivity contribution in [2.24, 2.45) is 0 Å². The summed E-state index contributed by atoms with van der Waals surface area (Å²) in [5, 5.41) is 3.61. The van der Waals surface area contributed by atoms with Gasteiger partial charge in [0.15, 0.2) is 0 Å². The molecule has 2 aromatic carbocycles. The van der Waals surface area contributed by atoms with Gasteiger partial charge >= 0.3 is 0 Å². The van der Waals surface area contributed by atoms with Crippen molar-refractivity contribution in [3.8, 4) is 5.75 Å². The normalized spacial score (nSPS) is 26.5. The van der Waals surface area contributed by atoms with Gasteiger partial charge in [0, 0.05) is 37.3 Å². The van der Waals surface area contributed by atoms with E-state index in [0.29, 0.717) is 5.92 Å². The fraction of sp³-hybridized carbons (Fsp3) is 0.520. The zero-order valence-electron chi connectivity index (χ0n) is 17.5. The van der Waals surface area contributed by atoms with E-state index in [9.17, 15) is 0 Å². The number of benzene rings is 2. The molecule has 3 aliphatic rings. The Bertz CT molecular complexity index is 850. The van der Waals surface area contributed by atoms with Crippen molar-refractivity contribution in [2.45, 2.75) is 58.0 Å². The molecule has 3 heteroatoms. The highest BCUT2D eigenvalue weighted by molar-refractivity contribution is 5.71. The first-order valence-corrected chi connectivity index (χ1v) is 10.9. The third-order valence-corrected chi connectivity index (χ3v) is 7.11. The van der Waals surface area contributed by atoms with Crippen LogP contribution in [0.2, 0.25) is 0 Å². The van der Waals surface area contributed by atoms with Gasteiger partial charge in [-0.2, -0.15) is 0 Å². The first-order valence-electron chi connectivity index (χ1n) is 10.9. The van der Waals surface area contributed by atoms with Gasteiger partial charge in [0.1, 0.15) is 11.4 Å². The molecule has 2 aromatic rings. The number of hydrogen-bond donors (Lipinski definition) is 1. The van der Waals surface area contributed by atoms with E-state index >= 15 is 0 Å². The molecule has 0 radical (unpaired) electrons. The quantitative estimate of drug-likeness (QED) is 0.829. The Kier molecular flexibility index (Phi) is 4.39. The highest BCUT2D eigenvalue weighted by Gasteiger charge is 2.41. The molecule has 3 heterocycles. The third kappa shape index (κ3) is 3.00. The monoisotopic (exact) mass is 376 g/mol. The molecule has 1 saturated heterocycles. The highest BCUT2D eigenvalue weighted by Crippen LogP contribution is 2.46. The Hall–Kier alpha value is -2.00. The van der Waals surface area contributed by atoms with Crippen LogP contribution in [-0.2, 0) is 12.8 Å². The SMILES string of the molecule is Cc1c2c(c(C)c3c1NCC3)OC(C)(CN1CCCC(c3ccccc3)C1)C2. The smallest absolute Gasteiger partial charge is 0.127 e. The van der Waals surface area contributed by atoms with E-state index < -0.39 is 0 Å². The minimum Gasteiger partial charge on any atom is -0.485 e. The topological polar surface area (TPSA) is 24.5 Å². The van der Waals surface area contributed by atoms with E-state index in [0.717, 1.165) is 32.5 Å². The van der Waals surface area contributed by atoms with Crippen molar-refractivity contribution in [3.63, 3.8) is 0 Å². The zero-order chi connectivity index (χ0) is 19.3. The summed E-state index contributed by atoms with van der Waals surface area (Å²) in [5.74, 6) is 1.83. The molecular weight excluding hydrogens is 344 g/mol. The minimum atomic E-state index is -0.120. The molecule has 1 fully saturated rings. The van der Waals surface area contributed by atoms with E-state index in [-0.39, 0.29) is 5.60 Å². The van der Waals surface area contributed by atoms with Crippen molar-refractivity contribution < 1.29 is 4.74 Å². The van der Waals surface area contributed by atoms with Crippen LogP contribution >= 0.6 is 0 Å². The lowest BCUT2D eigenvalue weighted by atomic mass is 9.88. The fourth-order valence-corrected chi connectivity index (χ4v) is 5.73. The van der Waals surface area contributed by atoms with Crippen LogP contribution in [0.15, 0.2) is 30.3 Å². The summed E-state index contributed by atoms with van der Waals surface area (Å²) in [6.45, 7) is 11.3. The predicted molar refractivity (Wildman–Crippen MR) is 116 cm³/mol. The molecular formula is C25H32N2O. The van der Waals surface area contributed by atoms with Gasteiger partial charge in [-0.15, -0.1) is 0 Å². The van der Waals surface area contributed by atoms with Crippen LogP contribution in [0.1, 0.15) is 53.5 Å². The molecule has 28 heavy (non-hydrogen) atoms. The summed E-state index contributed by atoms with van der Waals surface area (Å²) in [5.41, 5.74) is 8.44. The Morgan fingerprint density at radius 3 is 2.79 bits per heavy atom. The number of nitrogens with one attached hydrogen (secondary N) is 1. The molecule has 3 aliphatic heterocycles. The average Bonchev–Trinajstić information content (AvgIpc) is 3.32. The first kappa shape index (κ1) is 18.1. The Labute approximate surface area is 169 Å². The van der Waals surface area contributed by atoms with Gasteiger partial charge in [0.2, 0.25) is 0 Å². The summed E-state index contributed by atoms with van der Waals surface area (Å²) in [7, 11) is 0. The second-order valence-corrected chi connectivity index (χ2v) is 9.30. The lowest BCUT2D eigenvalue weighted by molar-refractivity contribution is 0.0510. The van der Waals surface area contributed by atoms with Gasteiger partial charge in [-0.05, 0) is 74.8 Å². The molecule has 0 amide bonds. The lowest BCUT2D eigenvalue weighted by Crippen LogP contribution is -2.47. The van der Waals surface area contributed by atoms with Crippen LogP contribution < -0.4 is 10.1 Å². The van der Waals surface area contributed by atoms with E-state index in [2.05, 4.69) is 61.3 Å². The van der Waals surface area contributed by atoms with Gasteiger partial charge in [0.05, 0.1) is 0 Å². The van der Waals surface area contributed by atoms with Gasteiger partial charge in [0.25, 0.3) is 0 Å². The van der Waals surface area contributed by atoms with E-state index in [1.807, 2.05) is 0 Å². The van der Waals surface area contributed by atoms with Crippen molar-refractivity contribution in [1.82, 2.24) is 4.90 Å². The number of nitrogens with zero attached hydrogens (tertiary/aromatic N) is 1. The summed E-state index contributed by atoms with van der Waals surface area (Å²) in [6, 6.07) is 11.0. The van der Waals surface area contributed by atoms with Crippen molar-refractivity contribution in [3.05, 3.63) is 58.1 Å². The average molecular weight is 377 g/mol.